The van der Waals surface area contributed by atoms with Crippen LogP contribution in [0.25, 0.3) is 0 Å². The third-order valence-corrected chi connectivity index (χ3v) is 1.79. The summed E-state index contributed by atoms with van der Waals surface area (Å²) in [5, 5.41) is 8.80. The Balaban J connectivity index is 3.05. The van der Waals surface area contributed by atoms with Crippen LogP contribution in [-0.2, 0) is 0 Å². The zero-order valence-electron chi connectivity index (χ0n) is 7.33. The van der Waals surface area contributed by atoms with E-state index in [-0.39, 0.29) is 12.4 Å². The Labute approximate surface area is 75.9 Å². The minimum absolute atomic E-state index is 0.192. The monoisotopic (exact) mass is 185 g/mol. The quantitative estimate of drug-likeness (QED) is 0.733. The van der Waals surface area contributed by atoms with Gasteiger partial charge in [-0.1, -0.05) is 6.07 Å². The van der Waals surface area contributed by atoms with Crippen LogP contribution < -0.4 is 10.5 Å². The third-order valence-electron chi connectivity index (χ3n) is 1.79. The summed E-state index contributed by atoms with van der Waals surface area (Å²) in [6, 6.07) is 3.50. The zero-order valence-corrected chi connectivity index (χ0v) is 7.33. The van der Waals surface area contributed by atoms with Crippen molar-refractivity contribution in [2.24, 2.45) is 5.73 Å². The number of aliphatic hydroxyl groups excluding tert-OH is 1. The molecule has 1 aromatic rings. The molecule has 1 atom stereocenters. The van der Waals surface area contributed by atoms with Gasteiger partial charge in [-0.3, -0.25) is 0 Å². The van der Waals surface area contributed by atoms with Gasteiger partial charge in [0.25, 0.3) is 0 Å². The van der Waals surface area contributed by atoms with Crippen LogP contribution in [0, 0.1) is 5.82 Å². The first kappa shape index (κ1) is 9.95. The molecule has 0 aliphatic carbocycles. The molecule has 1 rings (SSSR count). The number of methoxy groups -OCH3 is 1. The van der Waals surface area contributed by atoms with Crippen molar-refractivity contribution >= 4 is 0 Å². The van der Waals surface area contributed by atoms with E-state index in [2.05, 4.69) is 0 Å². The molecular weight excluding hydrogens is 173 g/mol. The van der Waals surface area contributed by atoms with Crippen LogP contribution in [0.2, 0.25) is 0 Å². The highest BCUT2D eigenvalue weighted by molar-refractivity contribution is 5.36. The number of nitrogens with two attached hydrogens (primary N) is 1. The van der Waals surface area contributed by atoms with Crippen LogP contribution in [0.4, 0.5) is 4.39 Å². The smallest absolute Gasteiger partial charge is 0.126 e. The maximum Gasteiger partial charge on any atom is 0.126 e. The molecule has 0 spiro atoms. The Bertz CT molecular complexity index is 291. The minimum atomic E-state index is -0.532. The Hall–Kier alpha value is -1.13. The normalized spacial score (nSPS) is 12.6. The van der Waals surface area contributed by atoms with Gasteiger partial charge >= 0.3 is 0 Å². The van der Waals surface area contributed by atoms with E-state index >= 15 is 0 Å². The summed E-state index contributed by atoms with van der Waals surface area (Å²) in [6.45, 7) is -0.192. The third kappa shape index (κ3) is 2.17. The predicted octanol–water partition coefficient (Wildman–Crippen LogP) is 0.826. The van der Waals surface area contributed by atoms with Crippen LogP contribution in [0.5, 0.6) is 5.75 Å². The van der Waals surface area contributed by atoms with Crippen molar-refractivity contribution in [3.05, 3.63) is 29.6 Å². The number of hydrogen-bond acceptors (Lipinski definition) is 3. The van der Waals surface area contributed by atoms with Crippen LogP contribution >= 0.6 is 0 Å². The van der Waals surface area contributed by atoms with Crippen molar-refractivity contribution in [3.8, 4) is 5.75 Å². The Morgan fingerprint density at radius 2 is 2.31 bits per heavy atom. The van der Waals surface area contributed by atoms with Gasteiger partial charge in [0.2, 0.25) is 0 Å². The van der Waals surface area contributed by atoms with Gasteiger partial charge in [0, 0.05) is 11.6 Å². The van der Waals surface area contributed by atoms with Crippen LogP contribution in [0.1, 0.15) is 11.6 Å². The van der Waals surface area contributed by atoms with Gasteiger partial charge < -0.3 is 15.6 Å². The Morgan fingerprint density at radius 3 is 2.85 bits per heavy atom. The fourth-order valence-electron chi connectivity index (χ4n) is 1.09. The fraction of sp³-hybridized carbons (Fsp3) is 0.333. The molecule has 0 radical (unpaired) electrons. The molecule has 0 heterocycles. The molecule has 0 fully saturated rings. The van der Waals surface area contributed by atoms with Crippen molar-refractivity contribution in [1.82, 2.24) is 0 Å². The number of ether oxygens (including phenoxy) is 1. The van der Waals surface area contributed by atoms with Gasteiger partial charge in [-0.05, 0) is 6.07 Å². The lowest BCUT2D eigenvalue weighted by molar-refractivity contribution is 0.264. The first-order chi connectivity index (χ1) is 6.19. The lowest BCUT2D eigenvalue weighted by Gasteiger charge is -2.12. The van der Waals surface area contributed by atoms with Crippen molar-refractivity contribution in [1.29, 1.82) is 0 Å². The van der Waals surface area contributed by atoms with E-state index < -0.39 is 6.04 Å². The zero-order chi connectivity index (χ0) is 9.84. The summed E-state index contributed by atoms with van der Waals surface area (Å²) >= 11 is 0. The molecule has 72 valence electrons. The summed E-state index contributed by atoms with van der Waals surface area (Å²) in [5.74, 6) is -0.0210. The van der Waals surface area contributed by atoms with Gasteiger partial charge in [0.15, 0.2) is 0 Å². The molecular formula is C9H12FNO2. The van der Waals surface area contributed by atoms with Crippen LogP contribution in [-0.4, -0.2) is 18.8 Å². The highest BCUT2D eigenvalue weighted by Crippen LogP contribution is 2.24. The van der Waals surface area contributed by atoms with E-state index in [0.717, 1.165) is 0 Å². The molecule has 4 heteroatoms. The number of halogens is 1. The number of aliphatic hydroxyl groups is 1. The first-order valence-corrected chi connectivity index (χ1v) is 3.89. The molecule has 0 bridgehead atoms. The number of benzene rings is 1. The molecule has 3 N–H and O–H groups in total. The van der Waals surface area contributed by atoms with Crippen LogP contribution in [0.15, 0.2) is 18.2 Å². The molecule has 0 amide bonds. The molecule has 0 aliphatic heterocycles. The number of rotatable bonds is 3. The summed E-state index contributed by atoms with van der Waals surface area (Å²) in [7, 11) is 1.43. The van der Waals surface area contributed by atoms with Gasteiger partial charge in [-0.15, -0.1) is 0 Å². The first-order valence-electron chi connectivity index (χ1n) is 3.89. The SMILES string of the molecule is COc1cc(F)ccc1C(N)CO. The summed E-state index contributed by atoms with van der Waals surface area (Å²) < 4.78 is 17.6. The van der Waals surface area contributed by atoms with E-state index in [0.29, 0.717) is 11.3 Å². The molecule has 13 heavy (non-hydrogen) atoms. The van der Waals surface area contributed by atoms with Crippen molar-refractivity contribution in [2.45, 2.75) is 6.04 Å². The summed E-state index contributed by atoms with van der Waals surface area (Å²) in [6.07, 6.45) is 0. The van der Waals surface area contributed by atoms with Crippen LogP contribution in [0.3, 0.4) is 0 Å². The lowest BCUT2D eigenvalue weighted by atomic mass is 10.1. The minimum Gasteiger partial charge on any atom is -0.496 e. The highest BCUT2D eigenvalue weighted by Gasteiger charge is 2.11. The molecule has 0 saturated carbocycles. The Kier molecular flexibility index (Phi) is 3.22. The summed E-state index contributed by atoms with van der Waals surface area (Å²) in [4.78, 5) is 0. The molecule has 3 nitrogen and oxygen atoms in total. The van der Waals surface area contributed by atoms with E-state index in [1.54, 1.807) is 0 Å². The predicted molar refractivity (Wildman–Crippen MR) is 47.0 cm³/mol. The molecule has 1 aromatic carbocycles. The average molecular weight is 185 g/mol. The second-order valence-corrected chi connectivity index (χ2v) is 2.68. The van der Waals surface area contributed by atoms with Gasteiger partial charge in [0.05, 0.1) is 19.8 Å². The molecule has 0 aliphatic rings. The number of hydrogen-bond donors (Lipinski definition) is 2. The maximum atomic E-state index is 12.7. The maximum absolute atomic E-state index is 12.7. The molecule has 1 unspecified atom stereocenters. The van der Waals surface area contributed by atoms with Crippen molar-refractivity contribution in [2.75, 3.05) is 13.7 Å². The van der Waals surface area contributed by atoms with Gasteiger partial charge in [-0.2, -0.15) is 0 Å². The Morgan fingerprint density at radius 1 is 1.62 bits per heavy atom. The largest absolute Gasteiger partial charge is 0.496 e. The van der Waals surface area contributed by atoms with Gasteiger partial charge in [0.1, 0.15) is 11.6 Å². The van der Waals surface area contributed by atoms with E-state index in [1.807, 2.05) is 0 Å². The fourth-order valence-corrected chi connectivity index (χ4v) is 1.09. The topological polar surface area (TPSA) is 55.5 Å². The van der Waals surface area contributed by atoms with E-state index in [1.165, 1.54) is 25.3 Å². The van der Waals surface area contributed by atoms with E-state index in [9.17, 15) is 4.39 Å². The lowest BCUT2D eigenvalue weighted by Crippen LogP contribution is -2.15. The second kappa shape index (κ2) is 4.20. The summed E-state index contributed by atoms with van der Waals surface area (Å²) in [5.41, 5.74) is 6.17. The molecule has 0 aromatic heterocycles. The van der Waals surface area contributed by atoms with E-state index in [4.69, 9.17) is 15.6 Å². The van der Waals surface area contributed by atoms with Gasteiger partial charge in [-0.25, -0.2) is 4.39 Å². The molecule has 0 saturated heterocycles. The van der Waals surface area contributed by atoms with Crippen molar-refractivity contribution in [3.63, 3.8) is 0 Å². The second-order valence-electron chi connectivity index (χ2n) is 2.68. The standard InChI is InChI=1S/C9H12FNO2/c1-13-9-4-6(10)2-3-7(9)8(11)5-12/h2-4,8,12H,5,11H2,1H3. The average Bonchev–Trinajstić information content (AvgIpc) is 2.16. The van der Waals surface area contributed by atoms with Crippen molar-refractivity contribution < 1.29 is 14.2 Å². The highest BCUT2D eigenvalue weighted by atomic mass is 19.1.